The fourth-order valence-electron chi connectivity index (χ4n) is 3.61. The maximum Gasteiger partial charge on any atom is 0.294 e. The van der Waals surface area contributed by atoms with Crippen LogP contribution in [-0.4, -0.2) is 16.8 Å². The van der Waals surface area contributed by atoms with Crippen molar-refractivity contribution in [3.63, 3.8) is 0 Å². The van der Waals surface area contributed by atoms with E-state index in [4.69, 9.17) is 0 Å². The molecule has 0 aliphatic carbocycles. The molecule has 0 spiro atoms. The number of rotatable bonds is 5. The summed E-state index contributed by atoms with van der Waals surface area (Å²) in [5, 5.41) is 10.7. The van der Waals surface area contributed by atoms with Gasteiger partial charge in [-0.2, -0.15) is 0 Å². The van der Waals surface area contributed by atoms with Gasteiger partial charge < -0.3 is 5.11 Å². The highest BCUT2D eigenvalue weighted by Gasteiger charge is 2.43. The van der Waals surface area contributed by atoms with E-state index in [2.05, 4.69) is 0 Å². The molecule has 1 N–H and O–H groups in total. The van der Waals surface area contributed by atoms with Crippen LogP contribution in [0.3, 0.4) is 0 Å². The van der Waals surface area contributed by atoms with E-state index in [0.29, 0.717) is 11.3 Å². The van der Waals surface area contributed by atoms with Gasteiger partial charge in [0, 0.05) is 5.69 Å². The van der Waals surface area contributed by atoms with Gasteiger partial charge in [0.2, 0.25) is 0 Å². The van der Waals surface area contributed by atoms with Crippen LogP contribution in [0.5, 0.6) is 0 Å². The predicted molar refractivity (Wildman–Crippen MR) is 118 cm³/mol. The molecule has 5 heteroatoms. The molecular weight excluding hydrogens is 393 g/mol. The summed E-state index contributed by atoms with van der Waals surface area (Å²) < 4.78 is 13.5. The number of aryl methyl sites for hydroxylation is 1. The average molecular weight is 413 g/mol. The van der Waals surface area contributed by atoms with Gasteiger partial charge in [-0.25, -0.2) is 4.39 Å². The number of halogens is 1. The molecule has 0 saturated carbocycles. The van der Waals surface area contributed by atoms with Gasteiger partial charge in [0.1, 0.15) is 5.82 Å². The first-order valence-electron chi connectivity index (χ1n) is 9.82. The van der Waals surface area contributed by atoms with Crippen molar-refractivity contribution >= 4 is 23.5 Å². The molecular formula is C26H20FNO3. The van der Waals surface area contributed by atoms with Gasteiger partial charge in [-0.05, 0) is 48.4 Å². The molecule has 1 aliphatic heterocycles. The molecule has 0 radical (unpaired) electrons. The van der Waals surface area contributed by atoms with Crippen molar-refractivity contribution in [2.45, 2.75) is 13.0 Å². The Morgan fingerprint density at radius 3 is 2.26 bits per heavy atom. The predicted octanol–water partition coefficient (Wildman–Crippen LogP) is 5.32. The average Bonchev–Trinajstić information content (AvgIpc) is 3.05. The first-order chi connectivity index (χ1) is 15.0. The molecule has 154 valence electrons. The van der Waals surface area contributed by atoms with Crippen LogP contribution in [0, 0.1) is 12.7 Å². The van der Waals surface area contributed by atoms with Crippen LogP contribution in [0.1, 0.15) is 22.7 Å². The Labute approximate surface area is 179 Å². The van der Waals surface area contributed by atoms with E-state index in [9.17, 15) is 19.1 Å². The van der Waals surface area contributed by atoms with Crippen molar-refractivity contribution < 1.29 is 19.1 Å². The number of benzene rings is 3. The number of hydrogen-bond donors (Lipinski definition) is 1. The van der Waals surface area contributed by atoms with Gasteiger partial charge in [-0.1, -0.05) is 66.2 Å². The fourth-order valence-corrected chi connectivity index (χ4v) is 3.61. The summed E-state index contributed by atoms with van der Waals surface area (Å²) in [6.07, 6.45) is 2.96. The standard InChI is InChI=1S/C26H20FNO3/c1-17-7-14-21(15-8-17)28-24(19-10-12-20(27)13-11-19)23(25(30)26(28)31)22(29)16-9-18-5-3-2-4-6-18/h2-16,24,30H,1H3/b16-9+/t24-/m0/s1. The third-order valence-electron chi connectivity index (χ3n) is 5.20. The first-order valence-corrected chi connectivity index (χ1v) is 9.82. The van der Waals surface area contributed by atoms with Crippen LogP contribution in [0.25, 0.3) is 6.08 Å². The number of amides is 1. The van der Waals surface area contributed by atoms with Crippen LogP contribution in [0.4, 0.5) is 10.1 Å². The zero-order chi connectivity index (χ0) is 22.0. The van der Waals surface area contributed by atoms with E-state index in [1.165, 1.54) is 35.2 Å². The lowest BCUT2D eigenvalue weighted by Crippen LogP contribution is -2.30. The minimum atomic E-state index is -0.872. The van der Waals surface area contributed by atoms with Crippen molar-refractivity contribution in [2.24, 2.45) is 0 Å². The largest absolute Gasteiger partial charge is 0.503 e. The quantitative estimate of drug-likeness (QED) is 0.576. The zero-order valence-corrected chi connectivity index (χ0v) is 16.8. The Hall–Kier alpha value is -3.99. The van der Waals surface area contributed by atoms with Crippen molar-refractivity contribution in [1.82, 2.24) is 0 Å². The van der Waals surface area contributed by atoms with Gasteiger partial charge >= 0.3 is 0 Å². The van der Waals surface area contributed by atoms with Crippen molar-refractivity contribution in [1.29, 1.82) is 0 Å². The second kappa shape index (κ2) is 8.40. The van der Waals surface area contributed by atoms with Crippen molar-refractivity contribution in [2.75, 3.05) is 4.90 Å². The molecule has 4 nitrogen and oxygen atoms in total. The maximum absolute atomic E-state index is 13.5. The Kier molecular flexibility index (Phi) is 5.50. The van der Waals surface area contributed by atoms with Crippen LogP contribution in [0.2, 0.25) is 0 Å². The van der Waals surface area contributed by atoms with E-state index in [-0.39, 0.29) is 5.57 Å². The molecule has 1 aliphatic rings. The maximum atomic E-state index is 13.5. The number of aliphatic hydroxyl groups excluding tert-OH is 1. The summed E-state index contributed by atoms with van der Waals surface area (Å²) >= 11 is 0. The zero-order valence-electron chi connectivity index (χ0n) is 16.8. The highest BCUT2D eigenvalue weighted by molar-refractivity contribution is 6.19. The molecule has 0 bridgehead atoms. The number of nitrogens with zero attached hydrogens (tertiary/aromatic N) is 1. The van der Waals surface area contributed by atoms with E-state index in [0.717, 1.165) is 11.1 Å². The molecule has 0 saturated heterocycles. The van der Waals surface area contributed by atoms with Gasteiger partial charge in [-0.3, -0.25) is 14.5 Å². The number of ketones is 1. The third-order valence-corrected chi connectivity index (χ3v) is 5.20. The van der Waals surface area contributed by atoms with Crippen LogP contribution in [0.15, 0.2) is 96.3 Å². The minimum absolute atomic E-state index is 0.0376. The Bertz CT molecular complexity index is 1180. The molecule has 0 aromatic heterocycles. The number of aliphatic hydroxyl groups is 1. The Morgan fingerprint density at radius 1 is 0.968 bits per heavy atom. The SMILES string of the molecule is Cc1ccc(N2C(=O)C(O)=C(C(=O)/C=C/c3ccccc3)[C@@H]2c2ccc(F)cc2)cc1. The smallest absolute Gasteiger partial charge is 0.294 e. The monoisotopic (exact) mass is 413 g/mol. The summed E-state index contributed by atoms with van der Waals surface area (Å²) in [4.78, 5) is 27.5. The first kappa shape index (κ1) is 20.3. The Morgan fingerprint density at radius 2 is 1.61 bits per heavy atom. The molecule has 4 rings (SSSR count). The molecule has 1 atom stereocenters. The highest BCUT2D eigenvalue weighted by Crippen LogP contribution is 2.41. The number of hydrogen-bond acceptors (Lipinski definition) is 3. The van der Waals surface area contributed by atoms with Gasteiger partial charge in [0.15, 0.2) is 11.5 Å². The number of allylic oxidation sites excluding steroid dienone is 1. The number of carbonyl (C=O) groups is 2. The summed E-state index contributed by atoms with van der Waals surface area (Å²) in [7, 11) is 0. The van der Waals surface area contributed by atoms with Crippen LogP contribution >= 0.6 is 0 Å². The summed E-state index contributed by atoms with van der Waals surface area (Å²) in [5.41, 5.74) is 2.84. The van der Waals surface area contributed by atoms with Crippen molar-refractivity contribution in [3.05, 3.63) is 119 Å². The normalized spacial score (nSPS) is 16.4. The molecule has 1 heterocycles. The lowest BCUT2D eigenvalue weighted by atomic mass is 9.95. The van der Waals surface area contributed by atoms with E-state index in [1.54, 1.807) is 18.2 Å². The van der Waals surface area contributed by atoms with Gasteiger partial charge in [0.05, 0.1) is 11.6 Å². The number of anilines is 1. The van der Waals surface area contributed by atoms with Gasteiger partial charge in [0.25, 0.3) is 5.91 Å². The van der Waals surface area contributed by atoms with E-state index >= 15 is 0 Å². The molecule has 3 aromatic rings. The second-order valence-electron chi connectivity index (χ2n) is 7.34. The highest BCUT2D eigenvalue weighted by atomic mass is 19.1. The summed E-state index contributed by atoms with van der Waals surface area (Å²) in [6.45, 7) is 1.92. The molecule has 3 aromatic carbocycles. The summed E-state index contributed by atoms with van der Waals surface area (Å²) in [5.74, 6) is -2.19. The Balaban J connectivity index is 1.78. The van der Waals surface area contributed by atoms with E-state index in [1.807, 2.05) is 49.4 Å². The van der Waals surface area contributed by atoms with Crippen molar-refractivity contribution in [3.8, 4) is 0 Å². The number of carbonyl (C=O) groups excluding carboxylic acids is 2. The third kappa shape index (κ3) is 4.03. The molecule has 0 fully saturated rings. The molecule has 1 amide bonds. The van der Waals surface area contributed by atoms with Crippen LogP contribution < -0.4 is 4.90 Å². The van der Waals surface area contributed by atoms with Crippen LogP contribution in [-0.2, 0) is 9.59 Å². The molecule has 31 heavy (non-hydrogen) atoms. The lowest BCUT2D eigenvalue weighted by Gasteiger charge is -2.26. The van der Waals surface area contributed by atoms with Gasteiger partial charge in [-0.15, -0.1) is 0 Å². The topological polar surface area (TPSA) is 57.6 Å². The summed E-state index contributed by atoms with van der Waals surface area (Å²) in [6, 6.07) is 21.1. The fraction of sp³-hybridized carbons (Fsp3) is 0.0769. The molecule has 0 unspecified atom stereocenters. The lowest BCUT2D eigenvalue weighted by molar-refractivity contribution is -0.117. The minimum Gasteiger partial charge on any atom is -0.503 e. The second-order valence-corrected chi connectivity index (χ2v) is 7.34. The van der Waals surface area contributed by atoms with E-state index < -0.39 is 29.3 Å².